The second-order valence-corrected chi connectivity index (χ2v) is 8.45. The normalized spacial score (nSPS) is 11.8. The second kappa shape index (κ2) is 7.84. The van der Waals surface area contributed by atoms with E-state index in [-0.39, 0.29) is 10.8 Å². The molecular formula is C18H23N3O4S. The Balaban J connectivity index is 2.04. The fourth-order valence-corrected chi connectivity index (χ4v) is 3.62. The molecule has 0 radical (unpaired) electrons. The van der Waals surface area contributed by atoms with Gasteiger partial charge in [-0.1, -0.05) is 0 Å². The number of carbonyl (C=O) groups is 1. The highest BCUT2D eigenvalue weighted by atomic mass is 32.2. The van der Waals surface area contributed by atoms with Crippen molar-refractivity contribution < 1.29 is 17.9 Å². The van der Waals surface area contributed by atoms with E-state index in [4.69, 9.17) is 4.74 Å². The topological polar surface area (TPSA) is 97.4 Å². The summed E-state index contributed by atoms with van der Waals surface area (Å²) in [5.41, 5.74) is 0.639. The molecule has 2 N–H and O–H groups in total. The van der Waals surface area contributed by atoms with Crippen molar-refractivity contribution in [2.24, 2.45) is 0 Å². The van der Waals surface area contributed by atoms with Crippen LogP contribution in [0.4, 0.5) is 0 Å². The molecule has 1 aromatic heterocycles. The minimum Gasteiger partial charge on any atom is -0.481 e. The Hall–Kier alpha value is -2.45. The first kappa shape index (κ1) is 19.9. The number of hydrogen-bond donors (Lipinski definition) is 2. The van der Waals surface area contributed by atoms with Gasteiger partial charge in [-0.2, -0.15) is 0 Å². The van der Waals surface area contributed by atoms with Gasteiger partial charge in [0.05, 0.1) is 12.0 Å². The number of hydrogen-bond acceptors (Lipinski definition) is 5. The van der Waals surface area contributed by atoms with Crippen LogP contribution in [0.1, 0.15) is 36.7 Å². The molecule has 0 aliphatic heterocycles. The van der Waals surface area contributed by atoms with Crippen molar-refractivity contribution in [1.82, 2.24) is 15.0 Å². The summed E-state index contributed by atoms with van der Waals surface area (Å²) in [6, 6.07) is 9.31. The molecule has 0 aliphatic carbocycles. The summed E-state index contributed by atoms with van der Waals surface area (Å²) in [6.45, 7) is 5.60. The van der Waals surface area contributed by atoms with Gasteiger partial charge in [-0.3, -0.25) is 4.79 Å². The van der Waals surface area contributed by atoms with Gasteiger partial charge in [0, 0.05) is 29.9 Å². The van der Waals surface area contributed by atoms with Crippen LogP contribution in [0.15, 0.2) is 47.5 Å². The summed E-state index contributed by atoms with van der Waals surface area (Å²) in [5.74, 6) is 0.172. The largest absolute Gasteiger partial charge is 0.481 e. The number of pyridine rings is 1. The second-order valence-electron chi connectivity index (χ2n) is 6.77. The SMILES string of the molecule is COc1cc(CNC(=O)c2ccc(S(=O)(=O)NC(C)(C)C)cc2)ccn1. The Labute approximate surface area is 153 Å². The first-order chi connectivity index (χ1) is 12.1. The average molecular weight is 377 g/mol. The molecule has 0 spiro atoms. The van der Waals surface area contributed by atoms with E-state index in [1.54, 1.807) is 39.1 Å². The maximum Gasteiger partial charge on any atom is 0.251 e. The summed E-state index contributed by atoms with van der Waals surface area (Å²) in [4.78, 5) is 16.4. The molecule has 0 atom stereocenters. The number of rotatable bonds is 6. The fraction of sp³-hybridized carbons (Fsp3) is 0.333. The number of amides is 1. The molecule has 1 heterocycles. The van der Waals surface area contributed by atoms with Gasteiger partial charge in [0.15, 0.2) is 0 Å². The molecule has 0 saturated heterocycles. The number of ether oxygens (including phenoxy) is 1. The van der Waals surface area contributed by atoms with Crippen LogP contribution < -0.4 is 14.8 Å². The third-order valence-electron chi connectivity index (χ3n) is 3.33. The van der Waals surface area contributed by atoms with E-state index in [9.17, 15) is 13.2 Å². The predicted molar refractivity (Wildman–Crippen MR) is 98.5 cm³/mol. The van der Waals surface area contributed by atoms with E-state index < -0.39 is 15.6 Å². The number of carbonyl (C=O) groups excluding carboxylic acids is 1. The average Bonchev–Trinajstić information content (AvgIpc) is 2.58. The van der Waals surface area contributed by atoms with Crippen LogP contribution in [0.5, 0.6) is 5.88 Å². The lowest BCUT2D eigenvalue weighted by Crippen LogP contribution is -2.40. The van der Waals surface area contributed by atoms with E-state index in [0.717, 1.165) is 5.56 Å². The van der Waals surface area contributed by atoms with E-state index in [0.29, 0.717) is 18.0 Å². The maximum absolute atomic E-state index is 12.3. The highest BCUT2D eigenvalue weighted by Crippen LogP contribution is 2.14. The van der Waals surface area contributed by atoms with Gasteiger partial charge in [-0.15, -0.1) is 0 Å². The molecule has 140 valence electrons. The fourth-order valence-electron chi connectivity index (χ4n) is 2.20. The lowest BCUT2D eigenvalue weighted by Gasteiger charge is -2.20. The third kappa shape index (κ3) is 5.53. The Morgan fingerprint density at radius 2 is 1.81 bits per heavy atom. The smallest absolute Gasteiger partial charge is 0.251 e. The lowest BCUT2D eigenvalue weighted by atomic mass is 10.1. The van der Waals surface area contributed by atoms with Crippen LogP contribution in [0.3, 0.4) is 0 Å². The molecule has 1 amide bonds. The van der Waals surface area contributed by atoms with Crippen molar-refractivity contribution in [3.63, 3.8) is 0 Å². The van der Waals surface area contributed by atoms with Crippen molar-refractivity contribution in [2.45, 2.75) is 37.8 Å². The summed E-state index contributed by atoms with van der Waals surface area (Å²) in [5, 5.41) is 2.78. The molecule has 0 bridgehead atoms. The highest BCUT2D eigenvalue weighted by molar-refractivity contribution is 7.89. The number of benzene rings is 1. The van der Waals surface area contributed by atoms with Gasteiger partial charge in [0.1, 0.15) is 0 Å². The van der Waals surface area contributed by atoms with E-state index >= 15 is 0 Å². The molecule has 2 rings (SSSR count). The number of methoxy groups -OCH3 is 1. The summed E-state index contributed by atoms with van der Waals surface area (Å²) in [7, 11) is -2.10. The molecule has 8 heteroatoms. The van der Waals surface area contributed by atoms with Crippen molar-refractivity contribution in [3.05, 3.63) is 53.7 Å². The monoisotopic (exact) mass is 377 g/mol. The van der Waals surface area contributed by atoms with Crippen LogP contribution >= 0.6 is 0 Å². The molecule has 7 nitrogen and oxygen atoms in total. The van der Waals surface area contributed by atoms with Crippen LogP contribution in [-0.2, 0) is 16.6 Å². The maximum atomic E-state index is 12.3. The molecule has 0 saturated carbocycles. The van der Waals surface area contributed by atoms with Gasteiger partial charge in [-0.25, -0.2) is 18.1 Å². The lowest BCUT2D eigenvalue weighted by molar-refractivity contribution is 0.0950. The van der Waals surface area contributed by atoms with Gasteiger partial charge in [0.25, 0.3) is 5.91 Å². The third-order valence-corrected chi connectivity index (χ3v) is 5.10. The van der Waals surface area contributed by atoms with Gasteiger partial charge < -0.3 is 10.1 Å². The quantitative estimate of drug-likeness (QED) is 0.803. The standard InChI is InChI=1S/C18H23N3O4S/c1-18(2,3)21-26(23,24)15-7-5-14(6-8-15)17(22)20-12-13-9-10-19-16(11-13)25-4/h5-11,21H,12H2,1-4H3,(H,20,22). The Morgan fingerprint density at radius 1 is 1.15 bits per heavy atom. The Kier molecular flexibility index (Phi) is 5.99. The predicted octanol–water partition coefficient (Wildman–Crippen LogP) is 2.10. The van der Waals surface area contributed by atoms with Crippen LogP contribution in [-0.4, -0.2) is 32.0 Å². The van der Waals surface area contributed by atoms with E-state index in [1.165, 1.54) is 31.4 Å². The zero-order valence-corrected chi connectivity index (χ0v) is 16.1. The van der Waals surface area contributed by atoms with E-state index in [1.807, 2.05) is 0 Å². The van der Waals surface area contributed by atoms with Crippen molar-refractivity contribution in [2.75, 3.05) is 7.11 Å². The number of nitrogens with one attached hydrogen (secondary N) is 2. The van der Waals surface area contributed by atoms with Crippen molar-refractivity contribution in [1.29, 1.82) is 0 Å². The highest BCUT2D eigenvalue weighted by Gasteiger charge is 2.22. The van der Waals surface area contributed by atoms with Gasteiger partial charge >= 0.3 is 0 Å². The first-order valence-corrected chi connectivity index (χ1v) is 9.50. The summed E-state index contributed by atoms with van der Waals surface area (Å²) in [6.07, 6.45) is 1.60. The molecule has 1 aromatic carbocycles. The van der Waals surface area contributed by atoms with Gasteiger partial charge in [0.2, 0.25) is 15.9 Å². The zero-order valence-electron chi connectivity index (χ0n) is 15.2. The first-order valence-electron chi connectivity index (χ1n) is 8.02. The van der Waals surface area contributed by atoms with Crippen molar-refractivity contribution >= 4 is 15.9 Å². The van der Waals surface area contributed by atoms with Crippen LogP contribution in [0.2, 0.25) is 0 Å². The molecule has 0 fully saturated rings. The molecule has 2 aromatic rings. The zero-order chi connectivity index (χ0) is 19.4. The minimum absolute atomic E-state index is 0.114. The Morgan fingerprint density at radius 3 is 2.38 bits per heavy atom. The summed E-state index contributed by atoms with van der Waals surface area (Å²) >= 11 is 0. The molecule has 0 aliphatic rings. The Bertz CT molecular complexity index is 872. The van der Waals surface area contributed by atoms with Crippen LogP contribution in [0, 0.1) is 0 Å². The van der Waals surface area contributed by atoms with Gasteiger partial charge in [-0.05, 0) is 56.7 Å². The number of sulfonamides is 1. The van der Waals surface area contributed by atoms with Crippen molar-refractivity contribution in [3.8, 4) is 5.88 Å². The molecular weight excluding hydrogens is 354 g/mol. The minimum atomic E-state index is -3.63. The van der Waals surface area contributed by atoms with E-state index in [2.05, 4.69) is 15.0 Å². The number of aromatic nitrogens is 1. The van der Waals surface area contributed by atoms with Crippen LogP contribution in [0.25, 0.3) is 0 Å². The summed E-state index contributed by atoms with van der Waals surface area (Å²) < 4.78 is 32.2. The molecule has 26 heavy (non-hydrogen) atoms. The molecule has 0 unspecified atom stereocenters. The number of nitrogens with zero attached hydrogens (tertiary/aromatic N) is 1.